The highest BCUT2D eigenvalue weighted by Gasteiger charge is 2.07. The summed E-state index contributed by atoms with van der Waals surface area (Å²) in [6.07, 6.45) is 1.83. The molecular weight excluding hydrogens is 478 g/mol. The maximum Gasteiger partial charge on any atom is 0.244 e. The van der Waals surface area contributed by atoms with Crippen molar-refractivity contribution >= 4 is 38.8 Å². The summed E-state index contributed by atoms with van der Waals surface area (Å²) in [6.45, 7) is 0.292. The normalized spacial score (nSPS) is 10.8. The van der Waals surface area contributed by atoms with Crippen LogP contribution in [0.1, 0.15) is 22.3 Å². The van der Waals surface area contributed by atoms with E-state index in [1.54, 1.807) is 12.3 Å². The molecule has 0 spiro atoms. The molecule has 0 saturated heterocycles. The summed E-state index contributed by atoms with van der Waals surface area (Å²) in [5, 5.41) is 15.5. The van der Waals surface area contributed by atoms with E-state index in [0.717, 1.165) is 31.9 Å². The van der Waals surface area contributed by atoms with Crippen LogP contribution in [0.2, 0.25) is 0 Å². The SMILES string of the molecule is N#Cc1ccccc1COc1ccc(C=NNC(=O)Cc2cccc3ccccc23)cc1Br. The first-order valence-corrected chi connectivity index (χ1v) is 11.1. The topological polar surface area (TPSA) is 74.5 Å². The number of nitrogens with one attached hydrogen (secondary N) is 1. The third kappa shape index (κ3) is 5.65. The van der Waals surface area contributed by atoms with Gasteiger partial charge in [-0.1, -0.05) is 60.7 Å². The van der Waals surface area contributed by atoms with E-state index in [4.69, 9.17) is 4.74 Å². The third-order valence-corrected chi connectivity index (χ3v) is 5.73. The molecule has 0 unspecified atom stereocenters. The van der Waals surface area contributed by atoms with E-state index in [9.17, 15) is 10.1 Å². The Morgan fingerprint density at radius 1 is 1.00 bits per heavy atom. The number of amides is 1. The van der Waals surface area contributed by atoms with E-state index >= 15 is 0 Å². The summed E-state index contributed by atoms with van der Waals surface area (Å²) in [4.78, 5) is 12.4. The number of nitriles is 1. The van der Waals surface area contributed by atoms with Crippen LogP contribution in [-0.4, -0.2) is 12.1 Å². The molecule has 0 fully saturated rings. The zero-order valence-corrected chi connectivity index (χ0v) is 19.2. The van der Waals surface area contributed by atoms with Crippen LogP contribution in [0.25, 0.3) is 10.8 Å². The molecule has 0 aliphatic rings. The van der Waals surface area contributed by atoms with Crippen LogP contribution in [0, 0.1) is 11.3 Å². The molecule has 4 aromatic carbocycles. The second-order valence-electron chi connectivity index (χ2n) is 7.36. The highest BCUT2D eigenvalue weighted by atomic mass is 79.9. The van der Waals surface area contributed by atoms with Gasteiger partial charge in [0.05, 0.1) is 28.7 Å². The van der Waals surface area contributed by atoms with Crippen molar-refractivity contribution in [2.45, 2.75) is 13.0 Å². The van der Waals surface area contributed by atoms with Gasteiger partial charge in [0.25, 0.3) is 0 Å². The van der Waals surface area contributed by atoms with Crippen molar-refractivity contribution in [1.29, 1.82) is 5.26 Å². The minimum absolute atomic E-state index is 0.183. The van der Waals surface area contributed by atoms with Crippen LogP contribution in [0.15, 0.2) is 94.5 Å². The molecule has 0 bridgehead atoms. The van der Waals surface area contributed by atoms with Crippen molar-refractivity contribution in [3.63, 3.8) is 0 Å². The Labute approximate surface area is 200 Å². The molecular formula is C27H20BrN3O2. The van der Waals surface area contributed by atoms with Crippen molar-refractivity contribution in [2.24, 2.45) is 5.10 Å². The molecule has 0 saturated carbocycles. The van der Waals surface area contributed by atoms with Gasteiger partial charge in [-0.2, -0.15) is 10.4 Å². The summed E-state index contributed by atoms with van der Waals surface area (Å²) in [6, 6.07) is 29.0. The summed E-state index contributed by atoms with van der Waals surface area (Å²) in [5.41, 5.74) is 5.77. The first-order chi connectivity index (χ1) is 16.1. The number of hydrazone groups is 1. The maximum absolute atomic E-state index is 12.4. The molecule has 162 valence electrons. The summed E-state index contributed by atoms with van der Waals surface area (Å²) < 4.78 is 6.61. The van der Waals surface area contributed by atoms with E-state index in [1.807, 2.05) is 78.9 Å². The fourth-order valence-electron chi connectivity index (χ4n) is 3.46. The van der Waals surface area contributed by atoms with Gasteiger partial charge in [-0.3, -0.25) is 4.79 Å². The predicted octanol–water partition coefficient (Wildman–Crippen LogP) is 5.75. The van der Waals surface area contributed by atoms with E-state index in [1.165, 1.54) is 0 Å². The Morgan fingerprint density at radius 3 is 2.61 bits per heavy atom. The van der Waals surface area contributed by atoms with Crippen molar-refractivity contribution in [3.8, 4) is 11.8 Å². The average molecular weight is 498 g/mol. The Hall–Kier alpha value is -3.95. The summed E-state index contributed by atoms with van der Waals surface area (Å²) in [5.74, 6) is 0.470. The summed E-state index contributed by atoms with van der Waals surface area (Å²) in [7, 11) is 0. The molecule has 6 heteroatoms. The quantitative estimate of drug-likeness (QED) is 0.261. The van der Waals surface area contributed by atoms with Crippen molar-refractivity contribution < 1.29 is 9.53 Å². The number of fused-ring (bicyclic) bond motifs is 1. The fourth-order valence-corrected chi connectivity index (χ4v) is 3.97. The number of hydrogen-bond donors (Lipinski definition) is 1. The van der Waals surface area contributed by atoms with Gasteiger partial charge in [-0.15, -0.1) is 0 Å². The Balaban J connectivity index is 1.35. The van der Waals surface area contributed by atoms with Crippen LogP contribution in [-0.2, 0) is 17.8 Å². The zero-order chi connectivity index (χ0) is 23.0. The largest absolute Gasteiger partial charge is 0.488 e. The van der Waals surface area contributed by atoms with Crippen molar-refractivity contribution in [2.75, 3.05) is 0 Å². The van der Waals surface area contributed by atoms with Gasteiger partial charge in [-0.25, -0.2) is 5.43 Å². The standard InChI is InChI=1S/C27H20BrN3O2/c28-25-14-19(12-13-26(25)33-18-23-8-2-1-7-22(23)16-29)17-30-31-27(32)15-21-10-5-9-20-6-3-4-11-24(20)21/h1-14,17H,15,18H2,(H,31,32). The first-order valence-electron chi connectivity index (χ1n) is 10.3. The minimum Gasteiger partial charge on any atom is -0.488 e. The fraction of sp³-hybridized carbons (Fsp3) is 0.0741. The first kappa shape index (κ1) is 22.3. The number of hydrogen-bond acceptors (Lipinski definition) is 4. The number of rotatable bonds is 7. The molecule has 33 heavy (non-hydrogen) atoms. The number of benzene rings is 4. The minimum atomic E-state index is -0.183. The number of halogens is 1. The number of ether oxygens (including phenoxy) is 1. The van der Waals surface area contributed by atoms with Crippen molar-refractivity contribution in [3.05, 3.63) is 112 Å². The lowest BCUT2D eigenvalue weighted by atomic mass is 10.0. The lowest BCUT2D eigenvalue weighted by Crippen LogP contribution is -2.19. The highest BCUT2D eigenvalue weighted by molar-refractivity contribution is 9.10. The predicted molar refractivity (Wildman–Crippen MR) is 133 cm³/mol. The highest BCUT2D eigenvalue weighted by Crippen LogP contribution is 2.27. The maximum atomic E-state index is 12.4. The average Bonchev–Trinajstić information content (AvgIpc) is 2.84. The van der Waals surface area contributed by atoms with E-state index < -0.39 is 0 Å². The molecule has 4 rings (SSSR count). The van der Waals surface area contributed by atoms with E-state index in [-0.39, 0.29) is 12.3 Å². The van der Waals surface area contributed by atoms with Gasteiger partial charge < -0.3 is 4.74 Å². The third-order valence-electron chi connectivity index (χ3n) is 5.11. The van der Waals surface area contributed by atoms with Gasteiger partial charge in [0.2, 0.25) is 5.91 Å². The van der Waals surface area contributed by atoms with Gasteiger partial charge in [0.1, 0.15) is 12.4 Å². The lowest BCUT2D eigenvalue weighted by molar-refractivity contribution is -0.120. The number of nitrogens with zero attached hydrogens (tertiary/aromatic N) is 2. The monoisotopic (exact) mass is 497 g/mol. The van der Waals surface area contributed by atoms with Crippen LogP contribution in [0.3, 0.4) is 0 Å². The second kappa shape index (κ2) is 10.6. The van der Waals surface area contributed by atoms with Gasteiger partial charge in [0, 0.05) is 5.56 Å². The Kier molecular flexibility index (Phi) is 7.13. The van der Waals surface area contributed by atoms with Crippen LogP contribution in [0.4, 0.5) is 0 Å². The molecule has 0 aliphatic heterocycles. The molecule has 4 aromatic rings. The molecule has 1 N–H and O–H groups in total. The molecule has 5 nitrogen and oxygen atoms in total. The van der Waals surface area contributed by atoms with Crippen LogP contribution >= 0.6 is 15.9 Å². The smallest absolute Gasteiger partial charge is 0.244 e. The zero-order valence-electron chi connectivity index (χ0n) is 17.7. The molecule has 0 aromatic heterocycles. The summed E-state index contributed by atoms with van der Waals surface area (Å²) >= 11 is 3.51. The van der Waals surface area contributed by atoms with Crippen molar-refractivity contribution in [1.82, 2.24) is 5.43 Å². The van der Waals surface area contributed by atoms with Crippen LogP contribution < -0.4 is 10.2 Å². The molecule has 0 heterocycles. The van der Waals surface area contributed by atoms with E-state index in [2.05, 4.69) is 32.5 Å². The lowest BCUT2D eigenvalue weighted by Gasteiger charge is -2.10. The Morgan fingerprint density at radius 2 is 1.76 bits per heavy atom. The molecule has 0 aliphatic carbocycles. The van der Waals surface area contributed by atoms with Gasteiger partial charge in [0.15, 0.2) is 0 Å². The second-order valence-corrected chi connectivity index (χ2v) is 8.21. The van der Waals surface area contributed by atoms with Crippen LogP contribution in [0.5, 0.6) is 5.75 Å². The molecule has 1 amide bonds. The Bertz CT molecular complexity index is 1370. The number of carbonyl (C=O) groups excluding carboxylic acids is 1. The molecule has 0 radical (unpaired) electrons. The van der Waals surface area contributed by atoms with Gasteiger partial charge >= 0.3 is 0 Å². The molecule has 0 atom stereocenters. The number of carbonyl (C=O) groups is 1. The van der Waals surface area contributed by atoms with Gasteiger partial charge in [-0.05, 0) is 62.1 Å². The van der Waals surface area contributed by atoms with E-state index in [0.29, 0.717) is 17.9 Å².